The molecule has 0 saturated carbocycles. The van der Waals surface area contributed by atoms with Gasteiger partial charge in [-0.05, 0) is 0 Å². The van der Waals surface area contributed by atoms with E-state index in [1.807, 2.05) is 0 Å². The van der Waals surface area contributed by atoms with Gasteiger partial charge in [-0.15, -0.1) is 0 Å². The number of imidazole rings is 2. The molecule has 3 aromatic rings. The molecule has 0 saturated heterocycles. The molecule has 0 atom stereocenters. The van der Waals surface area contributed by atoms with Crippen LogP contribution in [0.5, 0.6) is 0 Å². The van der Waals surface area contributed by atoms with E-state index >= 15 is 0 Å². The molecule has 2 amide bonds. The number of nitrogens with two attached hydrogens (primary N) is 1. The van der Waals surface area contributed by atoms with Crippen LogP contribution in [0.4, 0.5) is 11.6 Å². The van der Waals surface area contributed by atoms with Gasteiger partial charge in [-0.1, -0.05) is 0 Å². The number of nitro benzene ring substituents is 1. The van der Waals surface area contributed by atoms with Gasteiger partial charge in [-0.3, -0.25) is 25.0 Å². The summed E-state index contributed by atoms with van der Waals surface area (Å²) in [4.78, 5) is 46.8. The number of H-pyrrole nitrogens is 2. The average Bonchev–Trinajstić information content (AvgIpc) is 3.14. The summed E-state index contributed by atoms with van der Waals surface area (Å²) in [5, 5.41) is 13.4. The van der Waals surface area contributed by atoms with Crippen molar-refractivity contribution in [3.63, 3.8) is 0 Å². The molecule has 23 heavy (non-hydrogen) atoms. The number of fused-ring (bicyclic) bond motifs is 1. The van der Waals surface area contributed by atoms with Gasteiger partial charge in [0.2, 0.25) is 5.95 Å². The minimum Gasteiger partial charge on any atom is -0.363 e. The van der Waals surface area contributed by atoms with E-state index in [0.29, 0.717) is 0 Å². The van der Waals surface area contributed by atoms with Crippen LogP contribution in [0.25, 0.3) is 11.0 Å². The Labute approximate surface area is 127 Å². The Kier molecular flexibility index (Phi) is 3.22. The normalized spacial score (nSPS) is 10.6. The number of non-ortho nitro benzene ring substituents is 1. The third-order valence-corrected chi connectivity index (χ3v) is 2.99. The SMILES string of the molecule is NC(=O)c1nc2c(C(=O)Nc3ncc[nH]3)cc([N+](=O)[O-])cc2[nH]1. The molecular weight excluding hydrogens is 306 g/mol. The molecule has 3 rings (SSSR count). The first-order chi connectivity index (χ1) is 11.0. The highest BCUT2D eigenvalue weighted by Gasteiger charge is 2.21. The summed E-state index contributed by atoms with van der Waals surface area (Å²) >= 11 is 0. The molecule has 0 aliphatic rings. The number of hydrogen-bond acceptors (Lipinski definition) is 6. The fraction of sp³-hybridized carbons (Fsp3) is 0. The van der Waals surface area contributed by atoms with E-state index in [2.05, 4.69) is 25.3 Å². The Balaban J connectivity index is 2.14. The van der Waals surface area contributed by atoms with E-state index in [1.165, 1.54) is 18.5 Å². The molecule has 0 spiro atoms. The molecule has 0 radical (unpaired) electrons. The molecule has 11 nitrogen and oxygen atoms in total. The summed E-state index contributed by atoms with van der Waals surface area (Å²) in [5.74, 6) is -1.55. The minimum atomic E-state index is -0.846. The van der Waals surface area contributed by atoms with Crippen LogP contribution in [-0.4, -0.2) is 36.7 Å². The van der Waals surface area contributed by atoms with Crippen molar-refractivity contribution >= 4 is 34.5 Å². The van der Waals surface area contributed by atoms with E-state index in [0.717, 1.165) is 6.07 Å². The summed E-state index contributed by atoms with van der Waals surface area (Å²) in [6.45, 7) is 0. The molecule has 2 aromatic heterocycles. The zero-order valence-corrected chi connectivity index (χ0v) is 11.4. The van der Waals surface area contributed by atoms with Crippen molar-refractivity contribution in [2.75, 3.05) is 5.32 Å². The van der Waals surface area contributed by atoms with Crippen LogP contribution in [0.2, 0.25) is 0 Å². The molecule has 0 aliphatic heterocycles. The second-order valence-corrected chi connectivity index (χ2v) is 4.49. The van der Waals surface area contributed by atoms with Gasteiger partial charge in [0.1, 0.15) is 5.52 Å². The van der Waals surface area contributed by atoms with E-state index < -0.39 is 16.7 Å². The number of rotatable bonds is 4. The zero-order valence-electron chi connectivity index (χ0n) is 11.4. The highest BCUT2D eigenvalue weighted by atomic mass is 16.6. The van der Waals surface area contributed by atoms with Crippen molar-refractivity contribution in [1.29, 1.82) is 0 Å². The lowest BCUT2D eigenvalue weighted by Crippen LogP contribution is -2.14. The number of benzene rings is 1. The number of anilines is 1. The van der Waals surface area contributed by atoms with Crippen LogP contribution >= 0.6 is 0 Å². The van der Waals surface area contributed by atoms with Gasteiger partial charge in [0.05, 0.1) is 16.0 Å². The number of aromatic nitrogens is 4. The number of carbonyl (C=O) groups excluding carboxylic acids is 2. The van der Waals surface area contributed by atoms with Gasteiger partial charge in [-0.2, -0.15) is 0 Å². The van der Waals surface area contributed by atoms with Crippen molar-refractivity contribution in [1.82, 2.24) is 19.9 Å². The van der Waals surface area contributed by atoms with Gasteiger partial charge in [-0.25, -0.2) is 9.97 Å². The Morgan fingerprint density at radius 3 is 2.74 bits per heavy atom. The molecular formula is C12H9N7O4. The average molecular weight is 315 g/mol. The predicted molar refractivity (Wildman–Crippen MR) is 77.8 cm³/mol. The lowest BCUT2D eigenvalue weighted by atomic mass is 10.1. The van der Waals surface area contributed by atoms with Gasteiger partial charge >= 0.3 is 0 Å². The highest BCUT2D eigenvalue weighted by Crippen LogP contribution is 2.24. The minimum absolute atomic E-state index is 0.0886. The number of hydrogen-bond donors (Lipinski definition) is 4. The maximum absolute atomic E-state index is 12.3. The number of aromatic amines is 2. The van der Waals surface area contributed by atoms with Gasteiger partial charge in [0.15, 0.2) is 5.82 Å². The van der Waals surface area contributed by atoms with Crippen LogP contribution in [-0.2, 0) is 0 Å². The zero-order chi connectivity index (χ0) is 16.6. The standard InChI is InChI=1S/C12H9N7O4/c13-9(20)10-16-7-4-5(19(22)23)3-6(8(7)17-10)11(21)18-12-14-1-2-15-12/h1-4H,(H2,13,20)(H,16,17)(H2,14,15,18,21). The lowest BCUT2D eigenvalue weighted by molar-refractivity contribution is -0.384. The molecule has 0 fully saturated rings. The fourth-order valence-electron chi connectivity index (χ4n) is 2.01. The Bertz CT molecular complexity index is 928. The van der Waals surface area contributed by atoms with E-state index in [4.69, 9.17) is 5.73 Å². The smallest absolute Gasteiger partial charge is 0.284 e. The monoisotopic (exact) mass is 315 g/mol. The number of nitro groups is 1. The summed E-state index contributed by atoms with van der Waals surface area (Å²) in [7, 11) is 0. The van der Waals surface area contributed by atoms with Gasteiger partial charge in [0.25, 0.3) is 17.5 Å². The van der Waals surface area contributed by atoms with Crippen LogP contribution < -0.4 is 11.1 Å². The number of primary amides is 1. The van der Waals surface area contributed by atoms with Crippen LogP contribution in [0, 0.1) is 10.1 Å². The lowest BCUT2D eigenvalue weighted by Gasteiger charge is -2.03. The van der Waals surface area contributed by atoms with Gasteiger partial charge in [0, 0.05) is 24.5 Å². The van der Waals surface area contributed by atoms with Crippen LogP contribution in [0.1, 0.15) is 21.0 Å². The maximum Gasteiger partial charge on any atom is 0.284 e. The molecule has 0 aliphatic carbocycles. The van der Waals surface area contributed by atoms with E-state index in [-0.39, 0.29) is 34.1 Å². The topological polar surface area (TPSA) is 173 Å². The quantitative estimate of drug-likeness (QED) is 0.404. The van der Waals surface area contributed by atoms with Crippen molar-refractivity contribution < 1.29 is 14.5 Å². The molecule has 2 heterocycles. The fourth-order valence-corrected chi connectivity index (χ4v) is 2.01. The second kappa shape index (κ2) is 5.22. The third kappa shape index (κ3) is 2.57. The molecule has 5 N–H and O–H groups in total. The highest BCUT2D eigenvalue weighted by molar-refractivity contribution is 6.12. The largest absolute Gasteiger partial charge is 0.363 e. The Morgan fingerprint density at radius 2 is 2.13 bits per heavy atom. The van der Waals surface area contributed by atoms with Crippen LogP contribution in [0.3, 0.4) is 0 Å². The summed E-state index contributed by atoms with van der Waals surface area (Å²) in [5.41, 5.74) is 4.95. The van der Waals surface area contributed by atoms with Crippen molar-refractivity contribution in [2.24, 2.45) is 5.73 Å². The first kappa shape index (κ1) is 14.2. The van der Waals surface area contributed by atoms with E-state index in [9.17, 15) is 19.7 Å². The molecule has 116 valence electrons. The Morgan fingerprint density at radius 1 is 1.35 bits per heavy atom. The van der Waals surface area contributed by atoms with E-state index in [1.54, 1.807) is 0 Å². The summed E-state index contributed by atoms with van der Waals surface area (Å²) < 4.78 is 0. The summed E-state index contributed by atoms with van der Waals surface area (Å²) in [6.07, 6.45) is 2.93. The summed E-state index contributed by atoms with van der Waals surface area (Å²) in [6, 6.07) is 2.23. The number of nitrogens with one attached hydrogen (secondary N) is 3. The second-order valence-electron chi connectivity index (χ2n) is 4.49. The number of carbonyl (C=O) groups is 2. The van der Waals surface area contributed by atoms with Crippen molar-refractivity contribution in [2.45, 2.75) is 0 Å². The molecule has 11 heteroatoms. The van der Waals surface area contributed by atoms with Crippen molar-refractivity contribution in [3.8, 4) is 0 Å². The third-order valence-electron chi connectivity index (χ3n) is 2.99. The first-order valence-corrected chi connectivity index (χ1v) is 6.24. The Hall–Kier alpha value is -3.76. The van der Waals surface area contributed by atoms with Crippen molar-refractivity contribution in [3.05, 3.63) is 46.0 Å². The number of nitrogens with zero attached hydrogens (tertiary/aromatic N) is 3. The number of amides is 2. The molecule has 0 bridgehead atoms. The predicted octanol–water partition coefficient (Wildman–Crippen LogP) is 0.545. The first-order valence-electron chi connectivity index (χ1n) is 6.24. The van der Waals surface area contributed by atoms with Crippen LogP contribution in [0.15, 0.2) is 24.5 Å². The molecule has 0 unspecified atom stereocenters. The molecule has 1 aromatic carbocycles. The maximum atomic E-state index is 12.3. The van der Waals surface area contributed by atoms with Gasteiger partial charge < -0.3 is 15.7 Å².